The normalized spacial score (nSPS) is 12.1. The largest absolute Gasteiger partial charge is 0.495 e. The van der Waals surface area contributed by atoms with Crippen LogP contribution in [-0.2, 0) is 0 Å². The van der Waals surface area contributed by atoms with Gasteiger partial charge in [0.05, 0.1) is 29.3 Å². The predicted molar refractivity (Wildman–Crippen MR) is 85.9 cm³/mol. The van der Waals surface area contributed by atoms with Crippen molar-refractivity contribution in [3.63, 3.8) is 0 Å². The van der Waals surface area contributed by atoms with Crippen LogP contribution in [0.15, 0.2) is 23.6 Å². The molecule has 20 heavy (non-hydrogen) atoms. The monoisotopic (exact) mass is 331 g/mol. The molecule has 0 saturated heterocycles. The molecule has 1 heterocycles. The molecule has 0 fully saturated rings. The number of methoxy groups -OCH3 is 2. The number of nitrogens with one attached hydrogen (secondary N) is 1. The van der Waals surface area contributed by atoms with Crippen molar-refractivity contribution in [2.45, 2.75) is 13.0 Å². The highest BCUT2D eigenvalue weighted by Gasteiger charge is 2.14. The van der Waals surface area contributed by atoms with E-state index in [1.807, 2.05) is 17.5 Å². The summed E-state index contributed by atoms with van der Waals surface area (Å²) in [6, 6.07) is 5.60. The van der Waals surface area contributed by atoms with E-state index < -0.39 is 0 Å². The van der Waals surface area contributed by atoms with Crippen LogP contribution in [0, 0.1) is 0 Å². The first-order valence-electron chi connectivity index (χ1n) is 5.97. The maximum absolute atomic E-state index is 6.09. The number of rotatable bonds is 5. The Morgan fingerprint density at radius 1 is 1.10 bits per heavy atom. The van der Waals surface area contributed by atoms with Crippen LogP contribution in [0.4, 0.5) is 5.69 Å². The van der Waals surface area contributed by atoms with Crippen LogP contribution >= 0.6 is 34.5 Å². The number of ether oxygens (including phenoxy) is 2. The molecule has 0 radical (unpaired) electrons. The number of thiophene rings is 1. The predicted octanol–water partition coefficient (Wildman–Crippen LogP) is 5.25. The zero-order chi connectivity index (χ0) is 14.7. The average Bonchev–Trinajstić information content (AvgIpc) is 2.87. The first kappa shape index (κ1) is 15.3. The summed E-state index contributed by atoms with van der Waals surface area (Å²) < 4.78 is 11.3. The second kappa shape index (κ2) is 6.57. The van der Waals surface area contributed by atoms with Gasteiger partial charge in [-0.25, -0.2) is 0 Å². The second-order valence-electron chi connectivity index (χ2n) is 4.24. The van der Waals surface area contributed by atoms with Crippen molar-refractivity contribution in [1.82, 2.24) is 0 Å². The Morgan fingerprint density at radius 3 is 2.35 bits per heavy atom. The minimum atomic E-state index is 0.0959. The fourth-order valence-electron chi connectivity index (χ4n) is 1.84. The van der Waals surface area contributed by atoms with Crippen molar-refractivity contribution in [2.75, 3.05) is 19.5 Å². The number of benzene rings is 1. The molecule has 108 valence electrons. The van der Waals surface area contributed by atoms with Crippen LogP contribution in [-0.4, -0.2) is 14.2 Å². The standard InChI is InChI=1S/C14H15Cl2NO2S/c1-8(9-4-14(16)20-7-9)17-11-6-12(18-2)10(15)5-13(11)19-3/h4-8,17H,1-3H3. The molecule has 2 rings (SSSR count). The molecule has 0 spiro atoms. The first-order valence-corrected chi connectivity index (χ1v) is 7.60. The van der Waals surface area contributed by atoms with E-state index in [1.54, 1.807) is 20.3 Å². The molecule has 3 nitrogen and oxygen atoms in total. The highest BCUT2D eigenvalue weighted by molar-refractivity contribution is 7.14. The Hall–Kier alpha value is -1.10. The summed E-state index contributed by atoms with van der Waals surface area (Å²) >= 11 is 13.6. The van der Waals surface area contributed by atoms with Gasteiger partial charge >= 0.3 is 0 Å². The summed E-state index contributed by atoms with van der Waals surface area (Å²) in [5.41, 5.74) is 1.94. The van der Waals surface area contributed by atoms with E-state index in [0.717, 1.165) is 15.6 Å². The Kier molecular flexibility index (Phi) is 5.02. The quantitative estimate of drug-likeness (QED) is 0.812. The Bertz CT molecular complexity index is 601. The molecule has 0 aliphatic heterocycles. The van der Waals surface area contributed by atoms with Gasteiger partial charge in [0.15, 0.2) is 0 Å². The van der Waals surface area contributed by atoms with Gasteiger partial charge in [-0.1, -0.05) is 23.2 Å². The smallest absolute Gasteiger partial charge is 0.143 e. The molecular formula is C14H15Cl2NO2S. The van der Waals surface area contributed by atoms with Gasteiger partial charge in [0.2, 0.25) is 0 Å². The maximum atomic E-state index is 6.09. The third-order valence-corrected chi connectivity index (χ3v) is 4.34. The van der Waals surface area contributed by atoms with E-state index in [-0.39, 0.29) is 6.04 Å². The highest BCUT2D eigenvalue weighted by Crippen LogP contribution is 2.38. The number of halogens is 2. The van der Waals surface area contributed by atoms with Crippen LogP contribution < -0.4 is 14.8 Å². The topological polar surface area (TPSA) is 30.5 Å². The van der Waals surface area contributed by atoms with Crippen LogP contribution in [0.5, 0.6) is 11.5 Å². The van der Waals surface area contributed by atoms with Crippen molar-refractivity contribution < 1.29 is 9.47 Å². The lowest BCUT2D eigenvalue weighted by Crippen LogP contribution is -2.07. The Balaban J connectivity index is 2.27. The van der Waals surface area contributed by atoms with Crippen LogP contribution in [0.25, 0.3) is 0 Å². The molecule has 0 bridgehead atoms. The Labute approximate surface area is 132 Å². The van der Waals surface area contributed by atoms with Crippen molar-refractivity contribution in [3.8, 4) is 11.5 Å². The fourth-order valence-corrected chi connectivity index (χ4v) is 3.06. The molecular weight excluding hydrogens is 317 g/mol. The summed E-state index contributed by atoms with van der Waals surface area (Å²) in [7, 11) is 3.19. The van der Waals surface area contributed by atoms with Crippen LogP contribution in [0.1, 0.15) is 18.5 Å². The zero-order valence-corrected chi connectivity index (χ0v) is 13.7. The minimum Gasteiger partial charge on any atom is -0.495 e. The van der Waals surface area contributed by atoms with Crippen LogP contribution in [0.2, 0.25) is 9.36 Å². The van der Waals surface area contributed by atoms with Gasteiger partial charge in [0.1, 0.15) is 11.5 Å². The van der Waals surface area contributed by atoms with Crippen molar-refractivity contribution in [1.29, 1.82) is 0 Å². The molecule has 0 aliphatic carbocycles. The summed E-state index contributed by atoms with van der Waals surface area (Å²) in [6.07, 6.45) is 0. The van der Waals surface area contributed by atoms with Gasteiger partial charge in [0.25, 0.3) is 0 Å². The van der Waals surface area contributed by atoms with E-state index in [0.29, 0.717) is 16.5 Å². The highest BCUT2D eigenvalue weighted by atomic mass is 35.5. The molecule has 0 aliphatic rings. The molecule has 0 saturated carbocycles. The molecule has 1 N–H and O–H groups in total. The van der Waals surface area contributed by atoms with Gasteiger partial charge < -0.3 is 14.8 Å². The summed E-state index contributed by atoms with van der Waals surface area (Å²) in [4.78, 5) is 0. The zero-order valence-electron chi connectivity index (χ0n) is 11.4. The van der Waals surface area contributed by atoms with E-state index in [1.165, 1.54) is 11.3 Å². The maximum Gasteiger partial charge on any atom is 0.143 e. The molecule has 0 amide bonds. The first-order chi connectivity index (χ1) is 9.55. The van der Waals surface area contributed by atoms with Crippen LogP contribution in [0.3, 0.4) is 0 Å². The van der Waals surface area contributed by atoms with Crippen molar-refractivity contribution in [3.05, 3.63) is 38.5 Å². The minimum absolute atomic E-state index is 0.0959. The molecule has 1 atom stereocenters. The van der Waals surface area contributed by atoms with Gasteiger partial charge in [-0.2, -0.15) is 0 Å². The fraction of sp³-hybridized carbons (Fsp3) is 0.286. The van der Waals surface area contributed by atoms with E-state index >= 15 is 0 Å². The van der Waals surface area contributed by atoms with Gasteiger partial charge in [-0.15, -0.1) is 11.3 Å². The number of hydrogen-bond donors (Lipinski definition) is 1. The van der Waals surface area contributed by atoms with E-state index in [4.69, 9.17) is 32.7 Å². The molecule has 1 aromatic heterocycles. The molecule has 6 heteroatoms. The molecule has 1 unspecified atom stereocenters. The summed E-state index contributed by atoms with van der Waals surface area (Å²) in [6.45, 7) is 2.05. The SMILES string of the molecule is COc1cc(NC(C)c2csc(Cl)c2)c(OC)cc1Cl. The van der Waals surface area contributed by atoms with Gasteiger partial charge in [-0.05, 0) is 23.9 Å². The van der Waals surface area contributed by atoms with E-state index in [2.05, 4.69) is 12.2 Å². The lowest BCUT2D eigenvalue weighted by molar-refractivity contribution is 0.404. The molecule has 2 aromatic rings. The van der Waals surface area contributed by atoms with Crippen molar-refractivity contribution >= 4 is 40.2 Å². The lowest BCUT2D eigenvalue weighted by atomic mass is 10.1. The molecule has 1 aromatic carbocycles. The number of anilines is 1. The lowest BCUT2D eigenvalue weighted by Gasteiger charge is -2.18. The van der Waals surface area contributed by atoms with Gasteiger partial charge in [0, 0.05) is 18.2 Å². The summed E-state index contributed by atoms with van der Waals surface area (Å²) in [5, 5.41) is 5.92. The van der Waals surface area contributed by atoms with Crippen molar-refractivity contribution in [2.24, 2.45) is 0 Å². The average molecular weight is 332 g/mol. The summed E-state index contributed by atoms with van der Waals surface area (Å²) in [5.74, 6) is 1.27. The number of hydrogen-bond acceptors (Lipinski definition) is 4. The Morgan fingerprint density at radius 2 is 1.80 bits per heavy atom. The van der Waals surface area contributed by atoms with E-state index in [9.17, 15) is 0 Å². The third-order valence-electron chi connectivity index (χ3n) is 2.93. The van der Waals surface area contributed by atoms with Gasteiger partial charge in [-0.3, -0.25) is 0 Å². The second-order valence-corrected chi connectivity index (χ2v) is 6.19. The third kappa shape index (κ3) is 3.32.